The molecular formula is C7H14KNO4S. The molecule has 0 rings (SSSR count). The second-order valence-corrected chi connectivity index (χ2v) is 4.43. The first-order chi connectivity index (χ1) is 5.79. The Morgan fingerprint density at radius 1 is 1.57 bits per heavy atom. The maximum absolute atomic E-state index is 10.8. The quantitative estimate of drug-likeness (QED) is 0.321. The number of amides is 1. The third kappa shape index (κ3) is 6.28. The molecule has 0 aliphatic carbocycles. The maximum atomic E-state index is 10.8. The van der Waals surface area contributed by atoms with Crippen molar-refractivity contribution in [3.8, 4) is 0 Å². The summed E-state index contributed by atoms with van der Waals surface area (Å²) in [6, 6.07) is 0. The second kappa shape index (κ2) is 7.10. The van der Waals surface area contributed by atoms with E-state index in [1.54, 1.807) is 13.8 Å². The second-order valence-electron chi connectivity index (χ2n) is 2.89. The molecule has 2 N–H and O–H groups in total. The number of rotatable bonds is 4. The Bertz CT molecular complexity index is 304. The summed E-state index contributed by atoms with van der Waals surface area (Å²) in [6.07, 6.45) is 0.945. The molecule has 0 aromatic rings. The van der Waals surface area contributed by atoms with Gasteiger partial charge in [-0.25, -0.2) is 0 Å². The molecule has 0 fully saturated rings. The third-order valence-electron chi connectivity index (χ3n) is 1.40. The largest absolute Gasteiger partial charge is 1.00 e. The molecule has 0 aromatic carbocycles. The molecule has 0 saturated carbocycles. The monoisotopic (exact) mass is 247 g/mol. The molecule has 0 heterocycles. The number of nitrogens with one attached hydrogen (secondary N) is 1. The summed E-state index contributed by atoms with van der Waals surface area (Å²) >= 11 is 0. The standard InChI is InChI=1S/C7H13NO4S.K.H/c1-4-6(9)8-7(5(2)3)13(10,11)12;;/h4-5,7H,1H2,2-3H3,(H,8,9)(H,10,11,12);;/q;+1;-1. The first-order valence-electron chi connectivity index (χ1n) is 3.68. The van der Waals surface area contributed by atoms with E-state index in [1.165, 1.54) is 0 Å². The van der Waals surface area contributed by atoms with Gasteiger partial charge in [0.2, 0.25) is 5.91 Å². The van der Waals surface area contributed by atoms with Gasteiger partial charge >= 0.3 is 51.4 Å². The van der Waals surface area contributed by atoms with E-state index in [2.05, 4.69) is 11.9 Å². The van der Waals surface area contributed by atoms with E-state index in [9.17, 15) is 13.2 Å². The van der Waals surface area contributed by atoms with Crippen LogP contribution < -0.4 is 56.7 Å². The van der Waals surface area contributed by atoms with Gasteiger partial charge in [0, 0.05) is 0 Å². The fourth-order valence-corrected chi connectivity index (χ4v) is 1.74. The Balaban J connectivity index is -0.000000720. The molecule has 78 valence electrons. The molecule has 0 aliphatic rings. The normalized spacial score (nSPS) is 12.9. The van der Waals surface area contributed by atoms with Crippen LogP contribution in [0.3, 0.4) is 0 Å². The van der Waals surface area contributed by atoms with Gasteiger partial charge in [-0.05, 0) is 12.0 Å². The summed E-state index contributed by atoms with van der Waals surface area (Å²) in [5.74, 6) is -1.03. The molecule has 0 aromatic heterocycles. The molecule has 14 heavy (non-hydrogen) atoms. The predicted molar refractivity (Wildman–Crippen MR) is 49.6 cm³/mol. The molecule has 0 saturated heterocycles. The van der Waals surface area contributed by atoms with E-state index in [-0.39, 0.29) is 52.8 Å². The van der Waals surface area contributed by atoms with E-state index < -0.39 is 27.3 Å². The fourth-order valence-electron chi connectivity index (χ4n) is 0.784. The Kier molecular flexibility index (Phi) is 8.70. The van der Waals surface area contributed by atoms with Crippen LogP contribution in [0, 0.1) is 5.92 Å². The summed E-state index contributed by atoms with van der Waals surface area (Å²) in [5.41, 5.74) is 0. The van der Waals surface area contributed by atoms with Crippen molar-refractivity contribution >= 4 is 16.0 Å². The van der Waals surface area contributed by atoms with Crippen LogP contribution in [0.1, 0.15) is 15.3 Å². The molecule has 0 aliphatic heterocycles. The molecule has 1 atom stereocenters. The van der Waals surface area contributed by atoms with Crippen LogP contribution in [0.5, 0.6) is 0 Å². The van der Waals surface area contributed by atoms with Gasteiger partial charge < -0.3 is 6.74 Å². The van der Waals surface area contributed by atoms with Crippen molar-refractivity contribution in [2.24, 2.45) is 5.92 Å². The van der Waals surface area contributed by atoms with Gasteiger partial charge in [0.1, 0.15) is 0 Å². The summed E-state index contributed by atoms with van der Waals surface area (Å²) < 4.78 is 30.2. The van der Waals surface area contributed by atoms with Crippen molar-refractivity contribution in [3.63, 3.8) is 0 Å². The van der Waals surface area contributed by atoms with E-state index in [0.29, 0.717) is 0 Å². The van der Waals surface area contributed by atoms with Crippen molar-refractivity contribution in [3.05, 3.63) is 12.7 Å². The van der Waals surface area contributed by atoms with Crippen LogP contribution >= 0.6 is 0 Å². The molecule has 1 amide bonds. The molecule has 5 nitrogen and oxygen atoms in total. The summed E-state index contributed by atoms with van der Waals surface area (Å²) in [4.78, 5) is 10.8. The minimum absolute atomic E-state index is 0. The first kappa shape index (κ1) is 17.2. The van der Waals surface area contributed by atoms with Gasteiger partial charge in [0.15, 0.2) is 5.37 Å². The molecular weight excluding hydrogens is 233 g/mol. The smallest absolute Gasteiger partial charge is 1.00 e. The Morgan fingerprint density at radius 2 is 2.00 bits per heavy atom. The predicted octanol–water partition coefficient (Wildman–Crippen LogP) is -2.72. The third-order valence-corrected chi connectivity index (χ3v) is 2.70. The first-order valence-corrected chi connectivity index (χ1v) is 5.18. The molecule has 1 unspecified atom stereocenters. The zero-order chi connectivity index (χ0) is 10.6. The zero-order valence-electron chi connectivity index (χ0n) is 9.52. The van der Waals surface area contributed by atoms with Gasteiger partial charge in [0.05, 0.1) is 0 Å². The Hall–Kier alpha value is 0.756. The minimum atomic E-state index is -4.25. The number of carbonyl (C=O) groups is 1. The van der Waals surface area contributed by atoms with Crippen molar-refractivity contribution < 1.29 is 70.6 Å². The minimum Gasteiger partial charge on any atom is -1.00 e. The van der Waals surface area contributed by atoms with Gasteiger partial charge in [-0.1, -0.05) is 20.4 Å². The van der Waals surface area contributed by atoms with E-state index in [0.717, 1.165) is 6.08 Å². The van der Waals surface area contributed by atoms with E-state index >= 15 is 0 Å². The maximum Gasteiger partial charge on any atom is 1.00 e. The van der Waals surface area contributed by atoms with Gasteiger partial charge in [0.25, 0.3) is 10.1 Å². The molecule has 0 spiro atoms. The summed E-state index contributed by atoms with van der Waals surface area (Å²) in [7, 11) is -4.25. The van der Waals surface area contributed by atoms with Crippen molar-refractivity contribution in [2.45, 2.75) is 19.2 Å². The molecule has 0 radical (unpaired) electrons. The van der Waals surface area contributed by atoms with Gasteiger partial charge in [-0.15, -0.1) is 0 Å². The Labute approximate surface area is 128 Å². The van der Waals surface area contributed by atoms with Crippen LogP contribution in [-0.2, 0) is 14.9 Å². The van der Waals surface area contributed by atoms with E-state index in [1.807, 2.05) is 0 Å². The Morgan fingerprint density at radius 3 is 2.21 bits per heavy atom. The summed E-state index contributed by atoms with van der Waals surface area (Å²) in [5, 5.41) is 0.831. The van der Waals surface area contributed by atoms with Crippen LogP contribution in [0.2, 0.25) is 0 Å². The van der Waals surface area contributed by atoms with Gasteiger partial charge in [-0.3, -0.25) is 9.35 Å². The number of hydrogen-bond donors (Lipinski definition) is 2. The average Bonchev–Trinajstić information content (AvgIpc) is 1.96. The van der Waals surface area contributed by atoms with Crippen LogP contribution in [-0.4, -0.2) is 24.3 Å². The number of hydrogen-bond acceptors (Lipinski definition) is 3. The summed E-state index contributed by atoms with van der Waals surface area (Å²) in [6.45, 7) is 6.31. The SMILES string of the molecule is C=CC(=O)NC(C(C)C)S(=O)(=O)O.[H-].[K+]. The number of carbonyl (C=O) groups excluding carboxylic acids is 1. The van der Waals surface area contributed by atoms with E-state index in [4.69, 9.17) is 4.55 Å². The van der Waals surface area contributed by atoms with Crippen LogP contribution in [0.15, 0.2) is 12.7 Å². The zero-order valence-corrected chi connectivity index (χ0v) is 12.5. The molecule has 0 bridgehead atoms. The van der Waals surface area contributed by atoms with Crippen LogP contribution in [0.25, 0.3) is 0 Å². The van der Waals surface area contributed by atoms with Crippen LogP contribution in [0.4, 0.5) is 0 Å². The van der Waals surface area contributed by atoms with Crippen molar-refractivity contribution in [2.75, 3.05) is 0 Å². The average molecular weight is 247 g/mol. The van der Waals surface area contributed by atoms with Crippen molar-refractivity contribution in [1.82, 2.24) is 5.32 Å². The topological polar surface area (TPSA) is 83.5 Å². The van der Waals surface area contributed by atoms with Gasteiger partial charge in [-0.2, -0.15) is 8.42 Å². The molecule has 7 heteroatoms. The van der Waals surface area contributed by atoms with Crippen molar-refractivity contribution in [1.29, 1.82) is 0 Å². The fraction of sp³-hybridized carbons (Fsp3) is 0.571.